The van der Waals surface area contributed by atoms with Gasteiger partial charge in [-0.1, -0.05) is 24.3 Å². The molecule has 104 valence electrons. The predicted molar refractivity (Wildman–Crippen MR) is 82.0 cm³/mol. The molecule has 1 heterocycles. The zero-order valence-electron chi connectivity index (χ0n) is 11.4. The van der Waals surface area contributed by atoms with Crippen molar-refractivity contribution in [2.24, 2.45) is 0 Å². The Morgan fingerprint density at radius 1 is 1.14 bits per heavy atom. The number of fused-ring (bicyclic) bond motifs is 1. The molecule has 3 heteroatoms. The van der Waals surface area contributed by atoms with E-state index in [1.165, 1.54) is 24.3 Å². The second-order valence-corrected chi connectivity index (χ2v) is 4.84. The number of para-hydroxylation sites is 1. The second kappa shape index (κ2) is 5.37. The zero-order valence-corrected chi connectivity index (χ0v) is 11.4. The van der Waals surface area contributed by atoms with Gasteiger partial charge in [0, 0.05) is 34.8 Å². The Morgan fingerprint density at radius 2 is 1.86 bits per heavy atom. The number of hydrogen-bond acceptors (Lipinski definition) is 1. The van der Waals surface area contributed by atoms with Gasteiger partial charge in [-0.25, -0.2) is 4.39 Å². The molecule has 21 heavy (non-hydrogen) atoms. The summed E-state index contributed by atoms with van der Waals surface area (Å²) in [5, 5.41) is 0.897. The van der Waals surface area contributed by atoms with Crippen LogP contribution < -0.4 is 0 Å². The molecule has 0 aliphatic rings. The standard InChI is InChI=1S/C18H14FNO/c1-2-11-20-12-16(15-5-3-4-6-17(15)20)18(21)13-7-9-14(19)10-8-13/h2-10,12H,1,11H2. The summed E-state index contributed by atoms with van der Waals surface area (Å²) in [5.74, 6) is -0.449. The highest BCUT2D eigenvalue weighted by Crippen LogP contribution is 2.24. The summed E-state index contributed by atoms with van der Waals surface area (Å²) in [7, 11) is 0. The van der Waals surface area contributed by atoms with Crippen LogP contribution in [-0.2, 0) is 6.54 Å². The van der Waals surface area contributed by atoms with Gasteiger partial charge in [0.25, 0.3) is 0 Å². The summed E-state index contributed by atoms with van der Waals surface area (Å²) in [6.45, 7) is 4.37. The number of benzene rings is 2. The van der Waals surface area contributed by atoms with E-state index < -0.39 is 0 Å². The summed E-state index contributed by atoms with van der Waals surface area (Å²) >= 11 is 0. The number of hydrogen-bond donors (Lipinski definition) is 0. The lowest BCUT2D eigenvalue weighted by Gasteiger charge is -1.99. The van der Waals surface area contributed by atoms with E-state index in [-0.39, 0.29) is 11.6 Å². The number of aromatic nitrogens is 1. The highest BCUT2D eigenvalue weighted by molar-refractivity contribution is 6.16. The number of allylic oxidation sites excluding steroid dienone is 1. The normalized spacial score (nSPS) is 10.7. The maximum Gasteiger partial charge on any atom is 0.195 e. The van der Waals surface area contributed by atoms with Crippen LogP contribution in [0, 0.1) is 5.82 Å². The van der Waals surface area contributed by atoms with E-state index >= 15 is 0 Å². The molecule has 0 fully saturated rings. The minimum Gasteiger partial charge on any atom is -0.343 e. The largest absolute Gasteiger partial charge is 0.343 e. The molecule has 0 saturated heterocycles. The van der Waals surface area contributed by atoms with Crippen molar-refractivity contribution in [3.05, 3.63) is 84.3 Å². The van der Waals surface area contributed by atoms with Crippen LogP contribution in [0.15, 0.2) is 67.4 Å². The van der Waals surface area contributed by atoms with Gasteiger partial charge in [-0.3, -0.25) is 4.79 Å². The third-order valence-electron chi connectivity index (χ3n) is 3.47. The average molecular weight is 279 g/mol. The molecule has 3 rings (SSSR count). The van der Waals surface area contributed by atoms with E-state index in [0.717, 1.165) is 10.9 Å². The van der Waals surface area contributed by atoms with Gasteiger partial charge >= 0.3 is 0 Å². The number of carbonyl (C=O) groups excluding carboxylic acids is 1. The lowest BCUT2D eigenvalue weighted by Crippen LogP contribution is -2.00. The molecule has 2 nitrogen and oxygen atoms in total. The number of halogens is 1. The minimum absolute atomic E-state index is 0.103. The summed E-state index contributed by atoms with van der Waals surface area (Å²) in [6, 6.07) is 13.4. The maximum absolute atomic E-state index is 13.0. The third kappa shape index (κ3) is 2.38. The molecule has 0 aliphatic heterocycles. The van der Waals surface area contributed by atoms with Gasteiger partial charge in [0.1, 0.15) is 5.82 Å². The van der Waals surface area contributed by atoms with Crippen LogP contribution in [-0.4, -0.2) is 10.4 Å². The second-order valence-electron chi connectivity index (χ2n) is 4.84. The molecule has 0 saturated carbocycles. The summed E-state index contributed by atoms with van der Waals surface area (Å²) in [5.41, 5.74) is 2.10. The summed E-state index contributed by atoms with van der Waals surface area (Å²) < 4.78 is 15.0. The first-order chi connectivity index (χ1) is 10.2. The van der Waals surface area contributed by atoms with E-state index in [1.54, 1.807) is 6.08 Å². The topological polar surface area (TPSA) is 22.0 Å². The average Bonchev–Trinajstić information content (AvgIpc) is 2.87. The predicted octanol–water partition coefficient (Wildman–Crippen LogP) is 4.20. The highest BCUT2D eigenvalue weighted by Gasteiger charge is 2.16. The maximum atomic E-state index is 13.0. The minimum atomic E-state index is -0.347. The van der Waals surface area contributed by atoms with Gasteiger partial charge in [-0.2, -0.15) is 0 Å². The van der Waals surface area contributed by atoms with E-state index in [2.05, 4.69) is 6.58 Å². The molecule has 0 bridgehead atoms. The molecule has 2 aromatic carbocycles. The highest BCUT2D eigenvalue weighted by atomic mass is 19.1. The summed E-state index contributed by atoms with van der Waals surface area (Å²) in [4.78, 5) is 12.6. The van der Waals surface area contributed by atoms with Crippen molar-refractivity contribution in [2.75, 3.05) is 0 Å². The van der Waals surface area contributed by atoms with Gasteiger partial charge in [-0.15, -0.1) is 6.58 Å². The van der Waals surface area contributed by atoms with Gasteiger partial charge < -0.3 is 4.57 Å². The van der Waals surface area contributed by atoms with Crippen molar-refractivity contribution < 1.29 is 9.18 Å². The smallest absolute Gasteiger partial charge is 0.195 e. The first-order valence-electron chi connectivity index (χ1n) is 6.70. The molecular weight excluding hydrogens is 265 g/mol. The van der Waals surface area contributed by atoms with E-state index in [1.807, 2.05) is 35.0 Å². The SMILES string of the molecule is C=CCn1cc(C(=O)c2ccc(F)cc2)c2ccccc21. The molecular formula is C18H14FNO. The molecule has 3 aromatic rings. The monoisotopic (exact) mass is 279 g/mol. The van der Waals surface area contributed by atoms with Crippen LogP contribution in [0.4, 0.5) is 4.39 Å². The van der Waals surface area contributed by atoms with E-state index in [0.29, 0.717) is 17.7 Å². The zero-order chi connectivity index (χ0) is 14.8. The Hall–Kier alpha value is -2.68. The van der Waals surface area contributed by atoms with Crippen LogP contribution >= 0.6 is 0 Å². The van der Waals surface area contributed by atoms with Crippen LogP contribution in [0.25, 0.3) is 10.9 Å². The fourth-order valence-corrected chi connectivity index (χ4v) is 2.47. The molecule has 1 aromatic heterocycles. The van der Waals surface area contributed by atoms with E-state index in [4.69, 9.17) is 0 Å². The third-order valence-corrected chi connectivity index (χ3v) is 3.47. The number of nitrogens with zero attached hydrogens (tertiary/aromatic N) is 1. The quantitative estimate of drug-likeness (QED) is 0.518. The first kappa shape index (κ1) is 13.3. The van der Waals surface area contributed by atoms with Crippen molar-refractivity contribution in [2.45, 2.75) is 6.54 Å². The van der Waals surface area contributed by atoms with Crippen molar-refractivity contribution in [1.82, 2.24) is 4.57 Å². The van der Waals surface area contributed by atoms with Crippen LogP contribution in [0.2, 0.25) is 0 Å². The summed E-state index contributed by atoms with van der Waals surface area (Å²) in [6.07, 6.45) is 3.62. The Morgan fingerprint density at radius 3 is 2.57 bits per heavy atom. The van der Waals surface area contributed by atoms with Crippen LogP contribution in [0.5, 0.6) is 0 Å². The fourth-order valence-electron chi connectivity index (χ4n) is 2.47. The van der Waals surface area contributed by atoms with E-state index in [9.17, 15) is 9.18 Å². The molecule has 0 unspecified atom stereocenters. The molecule has 0 atom stereocenters. The van der Waals surface area contributed by atoms with Crippen molar-refractivity contribution in [3.63, 3.8) is 0 Å². The molecule has 0 aliphatic carbocycles. The van der Waals surface area contributed by atoms with Crippen LogP contribution in [0.1, 0.15) is 15.9 Å². The molecule has 0 amide bonds. The van der Waals surface area contributed by atoms with Gasteiger partial charge in [0.15, 0.2) is 5.78 Å². The lowest BCUT2D eigenvalue weighted by molar-refractivity contribution is 0.104. The molecule has 0 radical (unpaired) electrons. The molecule has 0 N–H and O–H groups in total. The number of carbonyl (C=O) groups is 1. The van der Waals surface area contributed by atoms with Gasteiger partial charge in [0.05, 0.1) is 0 Å². The van der Waals surface area contributed by atoms with Crippen molar-refractivity contribution >= 4 is 16.7 Å². The number of rotatable bonds is 4. The van der Waals surface area contributed by atoms with Crippen LogP contribution in [0.3, 0.4) is 0 Å². The Labute approximate surface area is 122 Å². The Balaban J connectivity index is 2.13. The molecule has 0 spiro atoms. The Kier molecular flexibility index (Phi) is 3.40. The number of ketones is 1. The Bertz CT molecular complexity index is 815. The van der Waals surface area contributed by atoms with Gasteiger partial charge in [-0.05, 0) is 30.3 Å². The lowest BCUT2D eigenvalue weighted by atomic mass is 10.0. The van der Waals surface area contributed by atoms with Gasteiger partial charge in [0.2, 0.25) is 0 Å². The fraction of sp³-hybridized carbons (Fsp3) is 0.0556. The van der Waals surface area contributed by atoms with Crippen molar-refractivity contribution in [1.29, 1.82) is 0 Å². The van der Waals surface area contributed by atoms with Crippen molar-refractivity contribution in [3.8, 4) is 0 Å². The first-order valence-corrected chi connectivity index (χ1v) is 6.70.